The van der Waals surface area contributed by atoms with Crippen molar-refractivity contribution in [3.05, 3.63) is 65.7 Å². The molecule has 7 nitrogen and oxygen atoms in total. The highest BCUT2D eigenvalue weighted by molar-refractivity contribution is 7.89. The van der Waals surface area contributed by atoms with Gasteiger partial charge in [0.25, 0.3) is 5.91 Å². The van der Waals surface area contributed by atoms with Crippen LogP contribution in [0.25, 0.3) is 0 Å². The fourth-order valence-electron chi connectivity index (χ4n) is 2.33. The maximum Gasteiger partial charge on any atom is 0.316 e. The molecule has 2 aromatic rings. The number of amides is 1. The quantitative estimate of drug-likeness (QED) is 0.695. The summed E-state index contributed by atoms with van der Waals surface area (Å²) >= 11 is 0. The van der Waals surface area contributed by atoms with E-state index < -0.39 is 33.9 Å². The van der Waals surface area contributed by atoms with Gasteiger partial charge in [-0.05, 0) is 37.1 Å². The standard InChI is InChI=1S/C19H22N2O5S/c1-19(2,15-6-4-3-5-7-15)18(23)26-13-17(22)21-12-14-8-10-16(11-9-14)27(20,24)25/h3-11H,12-13H2,1-2H3,(H,21,22)(H2,20,24,25). The average molecular weight is 390 g/mol. The zero-order valence-corrected chi connectivity index (χ0v) is 16.0. The van der Waals surface area contributed by atoms with Crippen molar-refractivity contribution < 1.29 is 22.7 Å². The highest BCUT2D eigenvalue weighted by Crippen LogP contribution is 2.24. The molecule has 144 valence electrons. The fraction of sp³-hybridized carbons (Fsp3) is 0.263. The Morgan fingerprint density at radius 1 is 1.04 bits per heavy atom. The molecule has 27 heavy (non-hydrogen) atoms. The second-order valence-corrected chi connectivity index (χ2v) is 8.09. The third kappa shape index (κ3) is 5.63. The molecule has 0 fully saturated rings. The molecule has 0 aliphatic carbocycles. The maximum atomic E-state index is 12.3. The van der Waals surface area contributed by atoms with E-state index in [1.807, 2.05) is 30.3 Å². The van der Waals surface area contributed by atoms with Crippen molar-refractivity contribution in [2.45, 2.75) is 30.7 Å². The van der Waals surface area contributed by atoms with E-state index in [2.05, 4.69) is 5.32 Å². The highest BCUT2D eigenvalue weighted by atomic mass is 32.2. The molecule has 0 aromatic heterocycles. The van der Waals surface area contributed by atoms with Gasteiger partial charge in [0.05, 0.1) is 10.3 Å². The summed E-state index contributed by atoms with van der Waals surface area (Å²) < 4.78 is 27.5. The molecule has 0 saturated carbocycles. The van der Waals surface area contributed by atoms with Gasteiger partial charge in [-0.15, -0.1) is 0 Å². The van der Waals surface area contributed by atoms with E-state index in [0.717, 1.165) is 5.56 Å². The summed E-state index contributed by atoms with van der Waals surface area (Å²) in [6.45, 7) is 3.24. The van der Waals surface area contributed by atoms with Gasteiger partial charge in [0.2, 0.25) is 10.0 Å². The molecule has 1 amide bonds. The van der Waals surface area contributed by atoms with Gasteiger partial charge >= 0.3 is 5.97 Å². The number of benzene rings is 2. The molecule has 2 rings (SSSR count). The summed E-state index contributed by atoms with van der Waals surface area (Å²) in [5.41, 5.74) is 0.613. The zero-order valence-electron chi connectivity index (χ0n) is 15.1. The SMILES string of the molecule is CC(C)(C(=O)OCC(=O)NCc1ccc(S(N)(=O)=O)cc1)c1ccccc1. The van der Waals surface area contributed by atoms with Crippen LogP contribution in [0.2, 0.25) is 0 Å². The van der Waals surface area contributed by atoms with Crippen LogP contribution in [0.1, 0.15) is 25.0 Å². The van der Waals surface area contributed by atoms with Crippen molar-refractivity contribution in [3.63, 3.8) is 0 Å². The van der Waals surface area contributed by atoms with Gasteiger partial charge in [0, 0.05) is 6.54 Å². The normalized spacial score (nSPS) is 11.7. The van der Waals surface area contributed by atoms with Gasteiger partial charge in [-0.1, -0.05) is 42.5 Å². The summed E-state index contributed by atoms with van der Waals surface area (Å²) in [5, 5.41) is 7.63. The number of primary sulfonamides is 1. The lowest BCUT2D eigenvalue weighted by Crippen LogP contribution is -2.35. The molecule has 0 aliphatic rings. The van der Waals surface area contributed by atoms with Gasteiger partial charge in [0.15, 0.2) is 6.61 Å². The smallest absolute Gasteiger partial charge is 0.316 e. The first-order valence-corrected chi connectivity index (χ1v) is 9.76. The van der Waals surface area contributed by atoms with E-state index in [1.54, 1.807) is 26.0 Å². The van der Waals surface area contributed by atoms with Gasteiger partial charge in [-0.25, -0.2) is 13.6 Å². The molecule has 0 bridgehead atoms. The third-order valence-electron chi connectivity index (χ3n) is 4.08. The van der Waals surface area contributed by atoms with Gasteiger partial charge in [0.1, 0.15) is 0 Å². The Kier molecular flexibility index (Phi) is 6.35. The lowest BCUT2D eigenvalue weighted by molar-refractivity contribution is -0.153. The molecule has 0 radical (unpaired) electrons. The molecular weight excluding hydrogens is 368 g/mol. The number of rotatable bonds is 7. The first kappa shape index (κ1) is 20.6. The molecule has 8 heteroatoms. The molecule has 0 heterocycles. The molecule has 0 aliphatic heterocycles. The van der Waals surface area contributed by atoms with Crippen molar-refractivity contribution in [2.24, 2.45) is 5.14 Å². The van der Waals surface area contributed by atoms with Crippen LogP contribution in [-0.4, -0.2) is 26.9 Å². The monoisotopic (exact) mass is 390 g/mol. The van der Waals surface area contributed by atoms with Crippen molar-refractivity contribution in [3.8, 4) is 0 Å². The third-order valence-corrected chi connectivity index (χ3v) is 5.01. The number of nitrogens with one attached hydrogen (secondary N) is 1. The second-order valence-electron chi connectivity index (χ2n) is 6.53. The Bertz CT molecular complexity index is 907. The van der Waals surface area contributed by atoms with Crippen molar-refractivity contribution in [1.82, 2.24) is 5.32 Å². The number of hydrogen-bond donors (Lipinski definition) is 2. The average Bonchev–Trinajstić information content (AvgIpc) is 2.64. The fourth-order valence-corrected chi connectivity index (χ4v) is 2.85. The minimum absolute atomic E-state index is 0.00495. The summed E-state index contributed by atoms with van der Waals surface area (Å²) in [4.78, 5) is 24.2. The van der Waals surface area contributed by atoms with E-state index in [4.69, 9.17) is 9.88 Å². The van der Waals surface area contributed by atoms with Crippen LogP contribution in [0.3, 0.4) is 0 Å². The molecule has 0 unspecified atom stereocenters. The molecule has 0 atom stereocenters. The van der Waals surface area contributed by atoms with Crippen LogP contribution in [-0.2, 0) is 36.3 Å². The van der Waals surface area contributed by atoms with E-state index in [1.165, 1.54) is 12.1 Å². The number of nitrogens with two attached hydrogens (primary N) is 1. The Hall–Kier alpha value is -2.71. The topological polar surface area (TPSA) is 116 Å². The first-order chi connectivity index (χ1) is 12.6. The molecule has 0 saturated heterocycles. The molecule has 2 aromatic carbocycles. The predicted molar refractivity (Wildman–Crippen MR) is 100 cm³/mol. The van der Waals surface area contributed by atoms with Crippen LogP contribution in [0, 0.1) is 0 Å². The van der Waals surface area contributed by atoms with Crippen LogP contribution < -0.4 is 10.5 Å². The van der Waals surface area contributed by atoms with Gasteiger partial charge in [-0.2, -0.15) is 0 Å². The van der Waals surface area contributed by atoms with Crippen molar-refractivity contribution in [1.29, 1.82) is 0 Å². The zero-order chi connectivity index (χ0) is 20.1. The van der Waals surface area contributed by atoms with Crippen LogP contribution >= 0.6 is 0 Å². The number of carbonyl (C=O) groups is 2. The summed E-state index contributed by atoms with van der Waals surface area (Å²) in [5.74, 6) is -0.955. The minimum Gasteiger partial charge on any atom is -0.455 e. The summed E-state index contributed by atoms with van der Waals surface area (Å²) in [6.07, 6.45) is 0. The number of sulfonamides is 1. The van der Waals surface area contributed by atoms with E-state index in [0.29, 0.717) is 5.56 Å². The highest BCUT2D eigenvalue weighted by Gasteiger charge is 2.31. The van der Waals surface area contributed by atoms with Crippen molar-refractivity contribution >= 4 is 21.9 Å². The molecule has 0 spiro atoms. The Balaban J connectivity index is 1.85. The first-order valence-electron chi connectivity index (χ1n) is 8.22. The second kappa shape index (κ2) is 8.32. The molecular formula is C19H22N2O5S. The van der Waals surface area contributed by atoms with Crippen LogP contribution in [0.5, 0.6) is 0 Å². The van der Waals surface area contributed by atoms with Gasteiger partial charge < -0.3 is 10.1 Å². The van der Waals surface area contributed by atoms with E-state index >= 15 is 0 Å². The lowest BCUT2D eigenvalue weighted by Gasteiger charge is -2.22. The Morgan fingerprint density at radius 3 is 2.19 bits per heavy atom. The minimum atomic E-state index is -3.75. The predicted octanol–water partition coefficient (Wildman–Crippen LogP) is 1.47. The number of hydrogen-bond acceptors (Lipinski definition) is 5. The van der Waals surface area contributed by atoms with Crippen LogP contribution in [0.15, 0.2) is 59.5 Å². The number of esters is 1. The molecule has 3 N–H and O–H groups in total. The number of ether oxygens (including phenoxy) is 1. The van der Waals surface area contributed by atoms with Gasteiger partial charge in [-0.3, -0.25) is 9.59 Å². The lowest BCUT2D eigenvalue weighted by atomic mass is 9.85. The van der Waals surface area contributed by atoms with E-state index in [9.17, 15) is 18.0 Å². The Labute approximate surface area is 158 Å². The Morgan fingerprint density at radius 2 is 1.63 bits per heavy atom. The van der Waals surface area contributed by atoms with Crippen molar-refractivity contribution in [2.75, 3.05) is 6.61 Å². The largest absolute Gasteiger partial charge is 0.455 e. The van der Waals surface area contributed by atoms with Crippen LogP contribution in [0.4, 0.5) is 0 Å². The summed E-state index contributed by atoms with van der Waals surface area (Å²) in [7, 11) is -3.75. The maximum absolute atomic E-state index is 12.3. The van der Waals surface area contributed by atoms with E-state index in [-0.39, 0.29) is 11.4 Å². The summed E-state index contributed by atoms with van der Waals surface area (Å²) in [6, 6.07) is 15.0. The number of carbonyl (C=O) groups excluding carboxylic acids is 2.